The molecule has 0 unspecified atom stereocenters. The van der Waals surface area contributed by atoms with Gasteiger partial charge in [0, 0.05) is 18.2 Å². The number of fused-ring (bicyclic) bond motifs is 1. The Bertz CT molecular complexity index is 1140. The van der Waals surface area contributed by atoms with Crippen LogP contribution in [0.15, 0.2) is 29.1 Å². The van der Waals surface area contributed by atoms with Crippen LogP contribution in [-0.2, 0) is 12.1 Å². The summed E-state index contributed by atoms with van der Waals surface area (Å²) in [6, 6.07) is 8.74. The fourth-order valence-electron chi connectivity index (χ4n) is 5.25. The van der Waals surface area contributed by atoms with Crippen LogP contribution in [0.5, 0.6) is 0 Å². The number of aromatic amines is 1. The number of para-hydroxylation sites is 1. The Kier molecular flexibility index (Phi) is 6.98. The SMILES string of the molecule is CCC[C@H](c1nnnn1C(C)(C)C)N(Cc1cc2cccc(C)c2[nH]c1=O)C1CCCCC1. The predicted octanol–water partition coefficient (Wildman–Crippen LogP) is 5.25. The minimum atomic E-state index is -0.207. The average Bonchev–Trinajstić information content (AvgIpc) is 3.28. The maximum Gasteiger partial charge on any atom is 0.252 e. The van der Waals surface area contributed by atoms with Crippen molar-refractivity contribution in [1.29, 1.82) is 0 Å². The molecule has 0 spiro atoms. The van der Waals surface area contributed by atoms with Gasteiger partial charge < -0.3 is 4.98 Å². The molecule has 0 amide bonds. The van der Waals surface area contributed by atoms with Crippen molar-refractivity contribution >= 4 is 10.9 Å². The fourth-order valence-corrected chi connectivity index (χ4v) is 5.25. The second-order valence-electron chi connectivity index (χ2n) is 10.6. The molecule has 178 valence electrons. The van der Waals surface area contributed by atoms with Crippen LogP contribution in [0.25, 0.3) is 10.9 Å². The molecule has 1 saturated carbocycles. The molecule has 4 rings (SSSR count). The second kappa shape index (κ2) is 9.75. The van der Waals surface area contributed by atoms with Gasteiger partial charge in [0.15, 0.2) is 5.82 Å². The van der Waals surface area contributed by atoms with Gasteiger partial charge in [-0.25, -0.2) is 4.68 Å². The molecule has 0 bridgehead atoms. The highest BCUT2D eigenvalue weighted by Gasteiger charge is 2.34. The van der Waals surface area contributed by atoms with Gasteiger partial charge in [-0.05, 0) is 74.4 Å². The van der Waals surface area contributed by atoms with Crippen molar-refractivity contribution in [2.45, 2.75) is 104 Å². The molecular weight excluding hydrogens is 412 g/mol. The molecule has 0 radical (unpaired) electrons. The van der Waals surface area contributed by atoms with Gasteiger partial charge in [0.1, 0.15) is 0 Å². The van der Waals surface area contributed by atoms with Crippen molar-refractivity contribution in [3.8, 4) is 0 Å². The van der Waals surface area contributed by atoms with Gasteiger partial charge in [-0.2, -0.15) is 0 Å². The number of benzene rings is 1. The maximum absolute atomic E-state index is 13.2. The summed E-state index contributed by atoms with van der Waals surface area (Å²) >= 11 is 0. The molecule has 33 heavy (non-hydrogen) atoms. The molecule has 7 heteroatoms. The normalized spacial score (nSPS) is 16.5. The summed E-state index contributed by atoms with van der Waals surface area (Å²) in [6.07, 6.45) is 8.05. The van der Waals surface area contributed by atoms with Crippen LogP contribution in [-0.4, -0.2) is 36.1 Å². The fraction of sp³-hybridized carbons (Fsp3) is 0.615. The molecule has 1 N–H and O–H groups in total. The van der Waals surface area contributed by atoms with E-state index in [1.54, 1.807) is 0 Å². The summed E-state index contributed by atoms with van der Waals surface area (Å²) in [4.78, 5) is 18.8. The zero-order valence-electron chi connectivity index (χ0n) is 20.8. The number of nitrogens with one attached hydrogen (secondary N) is 1. The van der Waals surface area contributed by atoms with Crippen LogP contribution in [0.3, 0.4) is 0 Å². The lowest BCUT2D eigenvalue weighted by molar-refractivity contribution is 0.0779. The molecule has 1 aliphatic rings. The number of nitrogens with zero attached hydrogens (tertiary/aromatic N) is 5. The van der Waals surface area contributed by atoms with Crippen LogP contribution in [0.1, 0.15) is 95.6 Å². The first-order valence-corrected chi connectivity index (χ1v) is 12.5. The Morgan fingerprint density at radius 1 is 1.21 bits per heavy atom. The standard InChI is InChI=1S/C26H38N6O/c1-6-11-22(24-28-29-30-32(24)26(3,4)5)31(21-14-8-7-9-15-21)17-20-16-19-13-10-12-18(2)23(19)27-25(20)33/h10,12-13,16,21-22H,6-9,11,14-15,17H2,1-5H3,(H,27,33)/t22-/m1/s1. The van der Waals surface area contributed by atoms with Gasteiger partial charge >= 0.3 is 0 Å². The minimum absolute atomic E-state index is 0.00303. The Morgan fingerprint density at radius 2 is 1.97 bits per heavy atom. The molecule has 1 aromatic carbocycles. The Morgan fingerprint density at radius 3 is 2.67 bits per heavy atom. The molecular formula is C26H38N6O. The first kappa shape index (κ1) is 23.6. The van der Waals surface area contributed by atoms with Crippen LogP contribution in [0.4, 0.5) is 0 Å². The number of H-pyrrole nitrogens is 1. The summed E-state index contributed by atoms with van der Waals surface area (Å²) in [5, 5.41) is 14.0. The number of rotatable bonds is 7. The van der Waals surface area contributed by atoms with Crippen molar-refractivity contribution in [3.63, 3.8) is 0 Å². The Balaban J connectivity index is 1.78. The molecule has 3 aromatic rings. The molecule has 1 fully saturated rings. The zero-order chi connectivity index (χ0) is 23.6. The largest absolute Gasteiger partial charge is 0.321 e. The third kappa shape index (κ3) is 5.03. The Labute approximate surface area is 196 Å². The van der Waals surface area contributed by atoms with E-state index in [2.05, 4.69) is 71.3 Å². The van der Waals surface area contributed by atoms with Gasteiger partial charge in [0.05, 0.1) is 17.1 Å². The van der Waals surface area contributed by atoms with Gasteiger partial charge in [0.2, 0.25) is 0 Å². The molecule has 7 nitrogen and oxygen atoms in total. The minimum Gasteiger partial charge on any atom is -0.321 e. The van der Waals surface area contributed by atoms with Crippen LogP contribution in [0, 0.1) is 6.92 Å². The van der Waals surface area contributed by atoms with Crippen LogP contribution < -0.4 is 5.56 Å². The van der Waals surface area contributed by atoms with E-state index in [1.165, 1.54) is 19.3 Å². The molecule has 0 aliphatic heterocycles. The highest BCUT2D eigenvalue weighted by atomic mass is 16.1. The van der Waals surface area contributed by atoms with E-state index in [0.717, 1.165) is 53.5 Å². The highest BCUT2D eigenvalue weighted by Crippen LogP contribution is 2.35. The third-order valence-corrected chi connectivity index (χ3v) is 6.95. The number of hydrogen-bond acceptors (Lipinski definition) is 5. The number of pyridine rings is 1. The summed E-state index contributed by atoms with van der Waals surface area (Å²) in [6.45, 7) is 11.3. The zero-order valence-corrected chi connectivity index (χ0v) is 20.8. The number of hydrogen-bond donors (Lipinski definition) is 1. The number of aromatic nitrogens is 5. The second-order valence-corrected chi connectivity index (χ2v) is 10.6. The molecule has 1 atom stereocenters. The van der Waals surface area contributed by atoms with Crippen molar-refractivity contribution in [1.82, 2.24) is 30.1 Å². The first-order chi connectivity index (χ1) is 15.8. The predicted molar refractivity (Wildman–Crippen MR) is 132 cm³/mol. The lowest BCUT2D eigenvalue weighted by Crippen LogP contribution is -2.42. The number of tetrazole rings is 1. The van der Waals surface area contributed by atoms with Gasteiger partial charge in [0.25, 0.3) is 5.56 Å². The van der Waals surface area contributed by atoms with Gasteiger partial charge in [-0.3, -0.25) is 9.69 Å². The quantitative estimate of drug-likeness (QED) is 0.531. The summed E-state index contributed by atoms with van der Waals surface area (Å²) in [7, 11) is 0. The van der Waals surface area contributed by atoms with Crippen molar-refractivity contribution < 1.29 is 0 Å². The monoisotopic (exact) mass is 450 g/mol. The number of aryl methyl sites for hydroxylation is 1. The van der Waals surface area contributed by atoms with Crippen LogP contribution in [0.2, 0.25) is 0 Å². The van der Waals surface area contributed by atoms with Crippen LogP contribution >= 0.6 is 0 Å². The summed E-state index contributed by atoms with van der Waals surface area (Å²) in [5.74, 6) is 0.906. The van der Waals surface area contributed by atoms with Crippen molar-refractivity contribution in [2.75, 3.05) is 0 Å². The smallest absolute Gasteiger partial charge is 0.252 e. The first-order valence-electron chi connectivity index (χ1n) is 12.5. The average molecular weight is 451 g/mol. The topological polar surface area (TPSA) is 79.7 Å². The summed E-state index contributed by atoms with van der Waals surface area (Å²) in [5.41, 5.74) is 2.63. The van der Waals surface area contributed by atoms with E-state index in [-0.39, 0.29) is 17.1 Å². The van der Waals surface area contributed by atoms with E-state index >= 15 is 0 Å². The van der Waals surface area contributed by atoms with E-state index in [4.69, 9.17) is 0 Å². The van der Waals surface area contributed by atoms with Gasteiger partial charge in [-0.15, -0.1) is 5.10 Å². The van der Waals surface area contributed by atoms with E-state index in [0.29, 0.717) is 12.6 Å². The highest BCUT2D eigenvalue weighted by molar-refractivity contribution is 5.81. The lowest BCUT2D eigenvalue weighted by Gasteiger charge is -2.40. The van der Waals surface area contributed by atoms with E-state index < -0.39 is 0 Å². The van der Waals surface area contributed by atoms with E-state index in [9.17, 15) is 4.79 Å². The third-order valence-electron chi connectivity index (χ3n) is 6.95. The Hall–Kier alpha value is -2.54. The van der Waals surface area contributed by atoms with E-state index in [1.807, 2.05) is 17.7 Å². The summed E-state index contributed by atoms with van der Waals surface area (Å²) < 4.78 is 1.97. The van der Waals surface area contributed by atoms with Crippen molar-refractivity contribution in [3.05, 3.63) is 51.6 Å². The van der Waals surface area contributed by atoms with Gasteiger partial charge in [-0.1, -0.05) is 50.8 Å². The van der Waals surface area contributed by atoms with Crippen molar-refractivity contribution in [2.24, 2.45) is 0 Å². The molecule has 1 aliphatic carbocycles. The molecule has 0 saturated heterocycles. The molecule has 2 aromatic heterocycles. The lowest BCUT2D eigenvalue weighted by atomic mass is 9.91. The molecule has 2 heterocycles. The maximum atomic E-state index is 13.2.